The molecule has 2 aliphatic rings. The van der Waals surface area contributed by atoms with Crippen molar-refractivity contribution in [3.63, 3.8) is 0 Å². The van der Waals surface area contributed by atoms with Gasteiger partial charge >= 0.3 is 0 Å². The summed E-state index contributed by atoms with van der Waals surface area (Å²) in [7, 11) is 0. The van der Waals surface area contributed by atoms with Crippen molar-refractivity contribution >= 4 is 34.9 Å². The fourth-order valence-corrected chi connectivity index (χ4v) is 4.40. The van der Waals surface area contributed by atoms with Crippen LogP contribution in [-0.4, -0.2) is 35.3 Å². The first-order valence-corrected chi connectivity index (χ1v) is 9.70. The van der Waals surface area contributed by atoms with Crippen molar-refractivity contribution in [2.75, 3.05) is 13.1 Å². The van der Waals surface area contributed by atoms with Gasteiger partial charge in [0.25, 0.3) is 5.91 Å². The molecule has 2 heterocycles. The average molecular weight is 404 g/mol. The van der Waals surface area contributed by atoms with Crippen molar-refractivity contribution in [3.8, 4) is 5.75 Å². The molecule has 6 heteroatoms. The maximum absolute atomic E-state index is 12.8. The number of ether oxygens (including phenoxy) is 1. The molecule has 0 radical (unpaired) electrons. The van der Waals surface area contributed by atoms with Gasteiger partial charge in [0.15, 0.2) is 5.78 Å². The third-order valence-electron chi connectivity index (χ3n) is 5.41. The molecule has 1 amide bonds. The Labute approximate surface area is 168 Å². The van der Waals surface area contributed by atoms with Crippen LogP contribution in [0.15, 0.2) is 36.4 Å². The van der Waals surface area contributed by atoms with Crippen molar-refractivity contribution < 1.29 is 14.3 Å². The van der Waals surface area contributed by atoms with Crippen LogP contribution >= 0.6 is 23.2 Å². The van der Waals surface area contributed by atoms with Gasteiger partial charge in [0.05, 0.1) is 22.6 Å². The van der Waals surface area contributed by atoms with Gasteiger partial charge < -0.3 is 9.64 Å². The van der Waals surface area contributed by atoms with Gasteiger partial charge in [-0.2, -0.15) is 0 Å². The highest BCUT2D eigenvalue weighted by molar-refractivity contribution is 6.33. The number of benzene rings is 2. The van der Waals surface area contributed by atoms with Gasteiger partial charge in [-0.15, -0.1) is 0 Å². The number of aryl methyl sites for hydroxylation is 1. The summed E-state index contributed by atoms with van der Waals surface area (Å²) >= 11 is 12.2. The molecule has 1 fully saturated rings. The molecule has 4 rings (SSSR count). The lowest BCUT2D eigenvalue weighted by Gasteiger charge is -2.44. The molecule has 0 aliphatic carbocycles. The number of hydrogen-bond acceptors (Lipinski definition) is 3. The van der Waals surface area contributed by atoms with Gasteiger partial charge in [-0.3, -0.25) is 9.59 Å². The maximum Gasteiger partial charge on any atom is 0.255 e. The van der Waals surface area contributed by atoms with Crippen LogP contribution < -0.4 is 4.74 Å². The van der Waals surface area contributed by atoms with Crippen molar-refractivity contribution in [3.05, 3.63) is 63.1 Å². The van der Waals surface area contributed by atoms with Crippen molar-refractivity contribution in [1.82, 2.24) is 4.90 Å². The fourth-order valence-electron chi connectivity index (χ4n) is 3.91. The molecule has 4 nitrogen and oxygen atoms in total. The Balaban J connectivity index is 1.53. The highest BCUT2D eigenvalue weighted by atomic mass is 35.5. The first-order chi connectivity index (χ1) is 12.9. The lowest BCUT2D eigenvalue weighted by atomic mass is 9.82. The number of halogens is 2. The Morgan fingerprint density at radius 1 is 1.15 bits per heavy atom. The molecule has 0 saturated carbocycles. The van der Waals surface area contributed by atoms with Gasteiger partial charge in [-0.25, -0.2) is 0 Å². The van der Waals surface area contributed by atoms with E-state index in [4.69, 9.17) is 27.9 Å². The third-order valence-corrected chi connectivity index (χ3v) is 5.96. The second-order valence-corrected chi connectivity index (χ2v) is 8.10. The van der Waals surface area contributed by atoms with Crippen LogP contribution in [0.5, 0.6) is 5.75 Å². The molecule has 140 valence electrons. The summed E-state index contributed by atoms with van der Waals surface area (Å²) in [6, 6.07) is 10.5. The van der Waals surface area contributed by atoms with E-state index >= 15 is 0 Å². The molecule has 27 heavy (non-hydrogen) atoms. The second-order valence-electron chi connectivity index (χ2n) is 7.26. The van der Waals surface area contributed by atoms with Crippen LogP contribution in [0.2, 0.25) is 10.0 Å². The minimum Gasteiger partial charge on any atom is -0.486 e. The molecule has 0 N–H and O–H groups in total. The lowest BCUT2D eigenvalue weighted by molar-refractivity contribution is -0.00616. The molecule has 2 aromatic rings. The monoisotopic (exact) mass is 403 g/mol. The third kappa shape index (κ3) is 3.32. The Bertz CT molecular complexity index is 933. The zero-order valence-corrected chi connectivity index (χ0v) is 16.4. The normalized spacial score (nSPS) is 18.2. The van der Waals surface area contributed by atoms with E-state index in [1.54, 1.807) is 35.2 Å². The topological polar surface area (TPSA) is 46.6 Å². The summed E-state index contributed by atoms with van der Waals surface area (Å²) in [6.45, 7) is 2.95. The highest BCUT2D eigenvalue weighted by Gasteiger charge is 2.44. The summed E-state index contributed by atoms with van der Waals surface area (Å²) in [5.41, 5.74) is 1.37. The van der Waals surface area contributed by atoms with E-state index < -0.39 is 5.60 Å². The van der Waals surface area contributed by atoms with E-state index in [9.17, 15) is 9.59 Å². The summed E-state index contributed by atoms with van der Waals surface area (Å²) in [4.78, 5) is 27.3. The number of fused-ring (bicyclic) bond motifs is 1. The minimum atomic E-state index is -0.556. The van der Waals surface area contributed by atoms with Gasteiger partial charge in [-0.1, -0.05) is 35.3 Å². The maximum atomic E-state index is 12.8. The molecule has 0 bridgehead atoms. The highest BCUT2D eigenvalue weighted by Crippen LogP contribution is 2.42. The molecule has 1 saturated heterocycles. The smallest absolute Gasteiger partial charge is 0.255 e. The summed E-state index contributed by atoms with van der Waals surface area (Å²) in [5.74, 6) is 0.593. The predicted octanol–water partition coefficient (Wildman–Crippen LogP) is 4.94. The Kier molecular flexibility index (Phi) is 4.65. The van der Waals surface area contributed by atoms with Crippen LogP contribution in [0, 0.1) is 6.92 Å². The van der Waals surface area contributed by atoms with Crippen LogP contribution in [0.1, 0.15) is 45.5 Å². The molecule has 0 unspecified atom stereocenters. The fraction of sp³-hybridized carbons (Fsp3) is 0.333. The average Bonchev–Trinajstić information content (AvgIpc) is 2.63. The van der Waals surface area contributed by atoms with E-state index in [0.717, 1.165) is 5.56 Å². The van der Waals surface area contributed by atoms with E-state index in [-0.39, 0.29) is 11.7 Å². The number of carbonyl (C=O) groups is 2. The zero-order chi connectivity index (χ0) is 19.2. The molecule has 2 aliphatic heterocycles. The van der Waals surface area contributed by atoms with Gasteiger partial charge in [0.2, 0.25) is 0 Å². The van der Waals surface area contributed by atoms with Crippen molar-refractivity contribution in [1.29, 1.82) is 0 Å². The predicted molar refractivity (Wildman–Crippen MR) is 105 cm³/mol. The number of amides is 1. The Morgan fingerprint density at radius 3 is 2.56 bits per heavy atom. The van der Waals surface area contributed by atoms with Gasteiger partial charge in [0.1, 0.15) is 11.4 Å². The number of Topliss-reactive ketones (excluding diaryl/α,β-unsaturated/α-hetero) is 1. The number of rotatable bonds is 1. The number of likely N-dealkylation sites (tertiary alicyclic amines) is 1. The molecule has 0 aromatic heterocycles. The van der Waals surface area contributed by atoms with E-state index in [2.05, 4.69) is 0 Å². The van der Waals surface area contributed by atoms with E-state index in [1.807, 2.05) is 13.0 Å². The van der Waals surface area contributed by atoms with E-state index in [1.165, 1.54) is 0 Å². The second kappa shape index (κ2) is 6.84. The largest absolute Gasteiger partial charge is 0.486 e. The molecular formula is C21H19Cl2NO3. The quantitative estimate of drug-likeness (QED) is 0.676. The van der Waals surface area contributed by atoms with E-state index in [0.29, 0.717) is 59.3 Å². The first-order valence-electron chi connectivity index (χ1n) is 8.95. The summed E-state index contributed by atoms with van der Waals surface area (Å²) in [5, 5.41) is 0.993. The molecule has 0 atom stereocenters. The Hall–Kier alpha value is -2.04. The first kappa shape index (κ1) is 18.3. The number of ketones is 1. The summed E-state index contributed by atoms with van der Waals surface area (Å²) in [6.07, 6.45) is 1.53. The molecular weight excluding hydrogens is 385 g/mol. The number of nitrogens with zero attached hydrogens (tertiary/aromatic N) is 1. The number of carbonyl (C=O) groups excluding carboxylic acids is 2. The molecule has 2 aromatic carbocycles. The lowest BCUT2D eigenvalue weighted by Crippen LogP contribution is -2.52. The number of hydrogen-bond donors (Lipinski definition) is 0. The van der Waals surface area contributed by atoms with Crippen LogP contribution in [0.25, 0.3) is 0 Å². The summed E-state index contributed by atoms with van der Waals surface area (Å²) < 4.78 is 6.33. The minimum absolute atomic E-state index is 0.0488. The van der Waals surface area contributed by atoms with Crippen molar-refractivity contribution in [2.45, 2.75) is 31.8 Å². The SMILES string of the molecule is Cc1cc(Cl)cc2c1OC1(CCN(C(=O)c3ccccc3Cl)CC1)CC2=O. The van der Waals surface area contributed by atoms with Crippen molar-refractivity contribution in [2.24, 2.45) is 0 Å². The standard InChI is InChI=1S/C21H19Cl2NO3/c1-13-10-14(22)11-16-18(25)12-21(27-19(13)16)6-8-24(9-7-21)20(26)15-4-2-3-5-17(15)23/h2-5,10-11H,6-9,12H2,1H3. The Morgan fingerprint density at radius 2 is 1.85 bits per heavy atom. The van der Waals surface area contributed by atoms with Gasteiger partial charge in [0, 0.05) is 31.0 Å². The van der Waals surface area contributed by atoms with Gasteiger partial charge in [-0.05, 0) is 36.8 Å². The zero-order valence-electron chi connectivity index (χ0n) is 14.9. The number of piperidine rings is 1. The van der Waals surface area contributed by atoms with Crippen LogP contribution in [0.3, 0.4) is 0 Å². The molecule has 1 spiro atoms. The van der Waals surface area contributed by atoms with Crippen LogP contribution in [-0.2, 0) is 0 Å². The van der Waals surface area contributed by atoms with Crippen LogP contribution in [0.4, 0.5) is 0 Å².